The number of hydrogen-bond donors (Lipinski definition) is 8. The van der Waals surface area contributed by atoms with Gasteiger partial charge in [-0.15, -0.1) is 0 Å². The van der Waals surface area contributed by atoms with Crippen molar-refractivity contribution in [2.24, 2.45) is 11.8 Å². The normalized spacial score (nSPS) is 13.6. The van der Waals surface area contributed by atoms with Crippen LogP contribution in [0.15, 0.2) is 60.9 Å². The van der Waals surface area contributed by atoms with E-state index < -0.39 is 47.9 Å². The maximum absolute atomic E-state index is 14.1. The molecule has 0 fully saturated rings. The highest BCUT2D eigenvalue weighted by Crippen LogP contribution is 2.21. The van der Waals surface area contributed by atoms with Gasteiger partial charge in [0.05, 0.1) is 6.04 Å². The Bertz CT molecular complexity index is 1880. The molecule has 0 spiro atoms. The van der Waals surface area contributed by atoms with Crippen molar-refractivity contribution in [3.63, 3.8) is 0 Å². The van der Waals surface area contributed by atoms with Crippen LogP contribution < -0.4 is 31.9 Å². The summed E-state index contributed by atoms with van der Waals surface area (Å²) in [6, 6.07) is 10.6. The molecule has 0 aliphatic carbocycles. The van der Waals surface area contributed by atoms with Crippen molar-refractivity contribution in [1.29, 1.82) is 0 Å². The molecule has 4 atom stereocenters. The summed E-state index contributed by atoms with van der Waals surface area (Å²) in [6.45, 7) is 9.42. The SMILES string of the molecule is CC(=O)NCCNC(=O)N[C@@H](Cc1c[nH]c2ccccc12)C(=O)N[C@@H](CC(C)C)C(=O)N[C@@H](Cc1c[nH]c2ccccc12)C(=O)N[C@H](C=O)CC(C)C. The van der Waals surface area contributed by atoms with Crippen LogP contribution in [-0.2, 0) is 36.8 Å². The fourth-order valence-electron chi connectivity index (χ4n) is 6.27. The predicted molar refractivity (Wildman–Crippen MR) is 204 cm³/mol. The number of benzene rings is 2. The molecule has 14 nitrogen and oxygen atoms in total. The zero-order valence-electron chi connectivity index (χ0n) is 31.0. The number of aromatic nitrogens is 2. The van der Waals surface area contributed by atoms with Crippen LogP contribution in [0.25, 0.3) is 21.8 Å². The van der Waals surface area contributed by atoms with Crippen LogP contribution >= 0.6 is 0 Å². The zero-order valence-corrected chi connectivity index (χ0v) is 31.0. The molecule has 53 heavy (non-hydrogen) atoms. The Hall–Kier alpha value is -5.66. The van der Waals surface area contributed by atoms with Crippen molar-refractivity contribution >= 4 is 57.8 Å². The van der Waals surface area contributed by atoms with Crippen molar-refractivity contribution in [2.75, 3.05) is 13.1 Å². The van der Waals surface area contributed by atoms with Crippen molar-refractivity contribution < 1.29 is 28.8 Å². The van der Waals surface area contributed by atoms with E-state index >= 15 is 0 Å². The quantitative estimate of drug-likeness (QED) is 0.0538. The van der Waals surface area contributed by atoms with Gasteiger partial charge in [0.2, 0.25) is 23.6 Å². The minimum Gasteiger partial charge on any atom is -0.361 e. The Labute approximate surface area is 309 Å². The molecule has 2 aromatic carbocycles. The number of carbonyl (C=O) groups excluding carboxylic acids is 6. The molecule has 284 valence electrons. The van der Waals surface area contributed by atoms with E-state index in [4.69, 9.17) is 0 Å². The van der Waals surface area contributed by atoms with Gasteiger partial charge >= 0.3 is 6.03 Å². The number of aromatic amines is 2. The number of fused-ring (bicyclic) bond motifs is 2. The number of para-hydroxylation sites is 2. The van der Waals surface area contributed by atoms with Gasteiger partial charge in [0.25, 0.3) is 0 Å². The molecule has 0 aliphatic heterocycles. The summed E-state index contributed by atoms with van der Waals surface area (Å²) in [5.41, 5.74) is 3.31. The lowest BCUT2D eigenvalue weighted by molar-refractivity contribution is -0.133. The number of hydrogen-bond acceptors (Lipinski definition) is 6. The van der Waals surface area contributed by atoms with Gasteiger partial charge in [-0.05, 0) is 47.9 Å². The molecule has 0 saturated carbocycles. The molecule has 6 amide bonds. The molecule has 4 aromatic rings. The van der Waals surface area contributed by atoms with E-state index in [0.717, 1.165) is 32.9 Å². The van der Waals surface area contributed by atoms with E-state index in [9.17, 15) is 28.8 Å². The average Bonchev–Trinajstić information content (AvgIpc) is 3.72. The fraction of sp³-hybridized carbons (Fsp3) is 0.436. The van der Waals surface area contributed by atoms with Gasteiger partial charge in [-0.25, -0.2) is 4.79 Å². The summed E-state index contributed by atoms with van der Waals surface area (Å²) in [7, 11) is 0. The molecule has 0 unspecified atom stereocenters. The van der Waals surface area contributed by atoms with Crippen molar-refractivity contribution in [2.45, 2.75) is 84.5 Å². The van der Waals surface area contributed by atoms with Crippen LogP contribution in [0.5, 0.6) is 0 Å². The minimum absolute atomic E-state index is 0.0328. The molecule has 0 aliphatic rings. The number of rotatable bonds is 19. The zero-order chi connectivity index (χ0) is 38.5. The number of carbonyl (C=O) groups is 6. The second kappa shape index (κ2) is 19.3. The number of H-pyrrole nitrogens is 2. The summed E-state index contributed by atoms with van der Waals surface area (Å²) in [5, 5.41) is 18.3. The lowest BCUT2D eigenvalue weighted by Gasteiger charge is -2.27. The highest BCUT2D eigenvalue weighted by Gasteiger charge is 2.32. The Balaban J connectivity index is 1.57. The highest BCUT2D eigenvalue weighted by atomic mass is 16.2. The Kier molecular flexibility index (Phi) is 14.6. The monoisotopic (exact) mass is 728 g/mol. The number of amides is 6. The minimum atomic E-state index is -1.09. The summed E-state index contributed by atoms with van der Waals surface area (Å²) in [6.07, 6.45) is 5.17. The highest BCUT2D eigenvalue weighted by molar-refractivity contribution is 5.95. The third-order valence-electron chi connectivity index (χ3n) is 8.79. The summed E-state index contributed by atoms with van der Waals surface area (Å²) in [4.78, 5) is 84.4. The molecule has 0 bridgehead atoms. The van der Waals surface area contributed by atoms with Crippen molar-refractivity contribution in [3.05, 3.63) is 72.1 Å². The number of urea groups is 1. The topological polar surface area (TPSA) is 206 Å². The van der Waals surface area contributed by atoms with Gasteiger partial charge in [-0.3, -0.25) is 19.2 Å². The van der Waals surface area contributed by atoms with Crippen LogP contribution in [0.3, 0.4) is 0 Å². The van der Waals surface area contributed by atoms with Crippen LogP contribution in [0.1, 0.15) is 58.6 Å². The van der Waals surface area contributed by atoms with E-state index in [1.54, 1.807) is 12.4 Å². The molecule has 0 radical (unpaired) electrons. The van der Waals surface area contributed by atoms with E-state index in [1.807, 2.05) is 76.2 Å². The first-order valence-corrected chi connectivity index (χ1v) is 18.1. The van der Waals surface area contributed by atoms with Crippen LogP contribution in [0.2, 0.25) is 0 Å². The largest absolute Gasteiger partial charge is 0.361 e. The van der Waals surface area contributed by atoms with Gasteiger partial charge in [-0.2, -0.15) is 0 Å². The predicted octanol–water partition coefficient (Wildman–Crippen LogP) is 2.98. The summed E-state index contributed by atoms with van der Waals surface area (Å²) in [5.74, 6) is -1.82. The molecule has 8 N–H and O–H groups in total. The summed E-state index contributed by atoms with van der Waals surface area (Å²) < 4.78 is 0. The number of aldehydes is 1. The molecular formula is C39H52N8O6. The van der Waals surface area contributed by atoms with E-state index in [1.165, 1.54) is 6.92 Å². The van der Waals surface area contributed by atoms with E-state index in [0.29, 0.717) is 12.7 Å². The first-order chi connectivity index (χ1) is 25.3. The van der Waals surface area contributed by atoms with Gasteiger partial charge in [0.1, 0.15) is 24.4 Å². The first-order valence-electron chi connectivity index (χ1n) is 18.1. The molecule has 2 aromatic heterocycles. The molecular weight excluding hydrogens is 676 g/mol. The standard InChI is InChI=1S/C39H52N8O6/c1-23(2)16-28(22-48)44-36(50)34(18-26-20-42-31-12-8-6-10-29(26)31)46-37(51)33(17-24(3)4)45-38(52)35(47-39(53)41-15-14-40-25(5)49)19-27-21-43-32-13-9-7-11-30(27)32/h6-13,20-24,28,33-35,42-43H,14-19H2,1-5H3,(H,40,49)(H,44,50)(H,45,52)(H,46,51)(H2,41,47,53)/t28-,33-,34-,35-/m0/s1. The second-order valence-corrected chi connectivity index (χ2v) is 14.2. The third kappa shape index (κ3) is 11.9. The smallest absolute Gasteiger partial charge is 0.315 e. The second-order valence-electron chi connectivity index (χ2n) is 14.2. The number of nitrogens with one attached hydrogen (secondary N) is 8. The molecule has 14 heteroatoms. The van der Waals surface area contributed by atoms with E-state index in [2.05, 4.69) is 41.9 Å². The van der Waals surface area contributed by atoms with Crippen LogP contribution in [0.4, 0.5) is 4.79 Å². The maximum atomic E-state index is 14.1. The van der Waals surface area contributed by atoms with Crippen LogP contribution in [0, 0.1) is 11.8 Å². The first kappa shape index (κ1) is 40.1. The Morgan fingerprint density at radius 2 is 1.09 bits per heavy atom. The fourth-order valence-corrected chi connectivity index (χ4v) is 6.27. The maximum Gasteiger partial charge on any atom is 0.315 e. The molecule has 2 heterocycles. The van der Waals surface area contributed by atoms with E-state index in [-0.39, 0.29) is 50.1 Å². The molecule has 4 rings (SSSR count). The van der Waals surface area contributed by atoms with Gasteiger partial charge in [-0.1, -0.05) is 64.1 Å². The van der Waals surface area contributed by atoms with Gasteiger partial charge < -0.3 is 46.7 Å². The van der Waals surface area contributed by atoms with Crippen molar-refractivity contribution in [3.8, 4) is 0 Å². The molecule has 0 saturated heterocycles. The Morgan fingerprint density at radius 3 is 1.62 bits per heavy atom. The van der Waals surface area contributed by atoms with Gasteiger partial charge in [0.15, 0.2) is 0 Å². The third-order valence-corrected chi connectivity index (χ3v) is 8.79. The van der Waals surface area contributed by atoms with Crippen LogP contribution in [-0.4, -0.2) is 83.2 Å². The lowest BCUT2D eigenvalue weighted by Crippen LogP contribution is -2.59. The van der Waals surface area contributed by atoms with Crippen molar-refractivity contribution in [1.82, 2.24) is 41.9 Å². The Morgan fingerprint density at radius 1 is 0.623 bits per heavy atom. The van der Waals surface area contributed by atoms with Gasteiger partial charge in [0, 0.05) is 67.1 Å². The average molecular weight is 729 g/mol. The lowest BCUT2D eigenvalue weighted by atomic mass is 9.99. The summed E-state index contributed by atoms with van der Waals surface area (Å²) >= 11 is 0.